The van der Waals surface area contributed by atoms with Crippen molar-refractivity contribution in [1.29, 1.82) is 0 Å². The molecule has 0 N–H and O–H groups in total. The molecule has 5 nitrogen and oxygen atoms in total. The highest BCUT2D eigenvalue weighted by atomic mass is 16.2. The number of aryl methyl sites for hydroxylation is 1. The second kappa shape index (κ2) is 5.16. The highest BCUT2D eigenvalue weighted by Gasteiger charge is 2.30. The third kappa shape index (κ3) is 2.05. The predicted molar refractivity (Wildman–Crippen MR) is 83.2 cm³/mol. The van der Waals surface area contributed by atoms with Crippen LogP contribution in [0.3, 0.4) is 0 Å². The molecule has 0 spiro atoms. The fraction of sp³-hybridized carbons (Fsp3) is 0.312. The average Bonchev–Trinajstić information content (AvgIpc) is 2.60. The van der Waals surface area contributed by atoms with E-state index in [0.29, 0.717) is 17.9 Å². The Morgan fingerprint density at radius 2 is 1.81 bits per heavy atom. The number of aromatic nitrogens is 2. The number of hydrogen-bond acceptors (Lipinski definition) is 4. The van der Waals surface area contributed by atoms with E-state index in [0.717, 1.165) is 23.5 Å². The number of nitrogens with zero attached hydrogens (tertiary/aromatic N) is 4. The topological polar surface area (TPSA) is 49.3 Å². The lowest BCUT2D eigenvalue weighted by molar-refractivity contribution is 0.0989. The zero-order valence-corrected chi connectivity index (χ0v) is 12.5. The molecule has 0 saturated carbocycles. The maximum Gasteiger partial charge on any atom is 0.262 e. The first-order chi connectivity index (χ1) is 10.2. The molecule has 2 heterocycles. The second-order valence-corrected chi connectivity index (χ2v) is 5.05. The monoisotopic (exact) mass is 282 g/mol. The van der Waals surface area contributed by atoms with Crippen molar-refractivity contribution in [3.8, 4) is 0 Å². The predicted octanol–water partition coefficient (Wildman–Crippen LogP) is 2.92. The molecule has 0 atom stereocenters. The Bertz CT molecular complexity index is 698. The van der Waals surface area contributed by atoms with Gasteiger partial charge in [0.2, 0.25) is 0 Å². The highest BCUT2D eigenvalue weighted by Crippen LogP contribution is 2.39. The van der Waals surface area contributed by atoms with Crippen LogP contribution in [0.5, 0.6) is 0 Å². The van der Waals surface area contributed by atoms with Crippen LogP contribution in [0.1, 0.15) is 29.8 Å². The molecule has 1 aliphatic heterocycles. The zero-order valence-electron chi connectivity index (χ0n) is 12.5. The molecule has 2 aromatic rings. The fourth-order valence-corrected chi connectivity index (χ4v) is 2.77. The normalized spacial score (nSPS) is 13.8. The number of hydrogen-bond donors (Lipinski definition) is 0. The minimum Gasteiger partial charge on any atom is -0.323 e. The van der Waals surface area contributed by atoms with E-state index in [2.05, 4.69) is 22.3 Å². The van der Waals surface area contributed by atoms with Crippen molar-refractivity contribution in [3.05, 3.63) is 41.6 Å². The second-order valence-electron chi connectivity index (χ2n) is 5.05. The van der Waals surface area contributed by atoms with Crippen molar-refractivity contribution in [3.63, 3.8) is 0 Å². The molecule has 0 saturated heterocycles. The van der Waals surface area contributed by atoms with Crippen LogP contribution >= 0.6 is 0 Å². The summed E-state index contributed by atoms with van der Waals surface area (Å²) in [6, 6.07) is 7.91. The zero-order chi connectivity index (χ0) is 15.0. The van der Waals surface area contributed by atoms with E-state index in [-0.39, 0.29) is 5.91 Å². The summed E-state index contributed by atoms with van der Waals surface area (Å²) in [5.41, 5.74) is 3.66. The molecule has 21 heavy (non-hydrogen) atoms. The van der Waals surface area contributed by atoms with Gasteiger partial charge in [0.1, 0.15) is 0 Å². The quantitative estimate of drug-likeness (QED) is 0.849. The van der Waals surface area contributed by atoms with Gasteiger partial charge in [-0.1, -0.05) is 6.07 Å². The van der Waals surface area contributed by atoms with Crippen LogP contribution in [0.4, 0.5) is 17.2 Å². The highest BCUT2D eigenvalue weighted by molar-refractivity contribution is 6.13. The molecule has 1 aromatic heterocycles. The Hall–Kier alpha value is -2.43. The van der Waals surface area contributed by atoms with Gasteiger partial charge in [0.25, 0.3) is 5.91 Å². The lowest BCUT2D eigenvalue weighted by atomic mass is 10.1. The van der Waals surface area contributed by atoms with Crippen molar-refractivity contribution in [1.82, 2.24) is 10.2 Å². The van der Waals surface area contributed by atoms with Gasteiger partial charge in [0.15, 0.2) is 5.82 Å². The van der Waals surface area contributed by atoms with E-state index in [9.17, 15) is 4.79 Å². The van der Waals surface area contributed by atoms with Gasteiger partial charge in [-0.15, -0.1) is 5.10 Å². The van der Waals surface area contributed by atoms with Crippen LogP contribution < -0.4 is 9.80 Å². The number of benzene rings is 1. The van der Waals surface area contributed by atoms with E-state index in [4.69, 9.17) is 0 Å². The van der Waals surface area contributed by atoms with Crippen molar-refractivity contribution in [2.45, 2.75) is 20.8 Å². The summed E-state index contributed by atoms with van der Waals surface area (Å²) in [5.74, 6) is 0.608. The van der Waals surface area contributed by atoms with E-state index in [1.54, 1.807) is 17.2 Å². The number of carbonyl (C=O) groups is 1. The first-order valence-corrected chi connectivity index (χ1v) is 7.19. The molecule has 0 fully saturated rings. The number of amides is 1. The summed E-state index contributed by atoms with van der Waals surface area (Å²) in [7, 11) is 0. The Morgan fingerprint density at radius 3 is 2.52 bits per heavy atom. The van der Waals surface area contributed by atoms with Gasteiger partial charge >= 0.3 is 0 Å². The summed E-state index contributed by atoms with van der Waals surface area (Å²) in [5, 5.41) is 8.15. The average molecular weight is 282 g/mol. The van der Waals surface area contributed by atoms with E-state index in [1.165, 1.54) is 0 Å². The van der Waals surface area contributed by atoms with Gasteiger partial charge in [-0.2, -0.15) is 5.10 Å². The Morgan fingerprint density at radius 1 is 1.05 bits per heavy atom. The first kappa shape index (κ1) is 13.5. The van der Waals surface area contributed by atoms with Crippen molar-refractivity contribution >= 4 is 23.1 Å². The minimum atomic E-state index is -0.0230. The summed E-state index contributed by atoms with van der Waals surface area (Å²) >= 11 is 0. The molecule has 0 radical (unpaired) electrons. The number of carbonyl (C=O) groups excluding carboxylic acids is 1. The van der Waals surface area contributed by atoms with Gasteiger partial charge < -0.3 is 9.80 Å². The molecular weight excluding hydrogens is 264 g/mol. The van der Waals surface area contributed by atoms with Crippen LogP contribution in [0.15, 0.2) is 30.5 Å². The van der Waals surface area contributed by atoms with Crippen LogP contribution in [0.2, 0.25) is 0 Å². The summed E-state index contributed by atoms with van der Waals surface area (Å²) < 4.78 is 0. The molecule has 0 unspecified atom stereocenters. The van der Waals surface area contributed by atoms with Crippen LogP contribution in [0.25, 0.3) is 0 Å². The Balaban J connectivity index is 2.32. The maximum atomic E-state index is 12.8. The Kier molecular flexibility index (Phi) is 3.33. The number of anilines is 3. The fourth-order valence-electron chi connectivity index (χ4n) is 2.77. The van der Waals surface area contributed by atoms with Crippen LogP contribution in [0, 0.1) is 6.92 Å². The van der Waals surface area contributed by atoms with Gasteiger partial charge in [-0.05, 0) is 44.5 Å². The van der Waals surface area contributed by atoms with Gasteiger partial charge in [-0.25, -0.2) is 0 Å². The third-order valence-corrected chi connectivity index (χ3v) is 3.78. The van der Waals surface area contributed by atoms with E-state index < -0.39 is 0 Å². The molecule has 5 heteroatoms. The lowest BCUT2D eigenvalue weighted by Gasteiger charge is -2.25. The SMILES string of the molecule is CCN1C(=O)c2ccnnc2N(CC)c2ccc(C)cc21. The molecule has 3 rings (SSSR count). The van der Waals surface area contributed by atoms with E-state index in [1.807, 2.05) is 31.7 Å². The first-order valence-electron chi connectivity index (χ1n) is 7.19. The van der Waals surface area contributed by atoms with Gasteiger partial charge in [0, 0.05) is 13.1 Å². The van der Waals surface area contributed by atoms with Crippen molar-refractivity contribution < 1.29 is 4.79 Å². The van der Waals surface area contributed by atoms with Crippen molar-refractivity contribution in [2.75, 3.05) is 22.9 Å². The summed E-state index contributed by atoms with van der Waals surface area (Å²) in [6.07, 6.45) is 1.57. The molecule has 1 amide bonds. The van der Waals surface area contributed by atoms with Gasteiger partial charge in [-0.3, -0.25) is 4.79 Å². The van der Waals surface area contributed by atoms with Crippen LogP contribution in [-0.4, -0.2) is 29.2 Å². The third-order valence-electron chi connectivity index (χ3n) is 3.78. The molecule has 0 bridgehead atoms. The Labute approximate surface area is 124 Å². The standard InChI is InChI=1S/C16H18N4O/c1-4-19-13-7-6-11(3)10-14(13)20(5-2)16(21)12-8-9-17-18-15(12)19/h6-10H,4-5H2,1-3H3. The molecule has 108 valence electrons. The van der Waals surface area contributed by atoms with Crippen LogP contribution in [-0.2, 0) is 0 Å². The summed E-state index contributed by atoms with van der Waals surface area (Å²) in [4.78, 5) is 16.7. The number of fused-ring (bicyclic) bond motifs is 2. The molecule has 1 aromatic carbocycles. The largest absolute Gasteiger partial charge is 0.323 e. The molecular formula is C16H18N4O. The van der Waals surface area contributed by atoms with E-state index >= 15 is 0 Å². The minimum absolute atomic E-state index is 0.0230. The van der Waals surface area contributed by atoms with Gasteiger partial charge in [0.05, 0.1) is 23.1 Å². The lowest BCUT2D eigenvalue weighted by Crippen LogP contribution is -2.30. The maximum absolute atomic E-state index is 12.8. The molecule has 0 aliphatic carbocycles. The smallest absolute Gasteiger partial charge is 0.262 e. The number of rotatable bonds is 2. The summed E-state index contributed by atoms with van der Waals surface area (Å²) in [6.45, 7) is 7.42. The van der Waals surface area contributed by atoms with Crippen molar-refractivity contribution in [2.24, 2.45) is 0 Å². The molecule has 1 aliphatic rings.